The van der Waals surface area contributed by atoms with Gasteiger partial charge in [-0.25, -0.2) is 0 Å². The fourth-order valence-electron chi connectivity index (χ4n) is 2.03. The summed E-state index contributed by atoms with van der Waals surface area (Å²) < 4.78 is 0. The van der Waals surface area contributed by atoms with Crippen LogP contribution in [0.3, 0.4) is 0 Å². The molecule has 0 aliphatic heterocycles. The van der Waals surface area contributed by atoms with Gasteiger partial charge in [-0.1, -0.05) is 32.0 Å². The first-order valence-electron chi connectivity index (χ1n) is 6.75. The molecule has 0 radical (unpaired) electrons. The average molecular weight is 268 g/mol. The number of nitrogens with two attached hydrogens (primary N) is 1. The Morgan fingerprint density at radius 2 is 1.75 bits per heavy atom. The smallest absolute Gasteiger partial charge is 0.256 e. The second-order valence-electron chi connectivity index (χ2n) is 5.31. The van der Waals surface area contributed by atoms with Crippen molar-refractivity contribution in [2.75, 3.05) is 11.1 Å². The van der Waals surface area contributed by atoms with Gasteiger partial charge in [0.1, 0.15) is 0 Å². The molecule has 0 aromatic heterocycles. The highest BCUT2D eigenvalue weighted by Crippen LogP contribution is 2.19. The number of benzene rings is 2. The number of hydrogen-bond donors (Lipinski definition) is 2. The molecule has 20 heavy (non-hydrogen) atoms. The molecule has 0 atom stereocenters. The first kappa shape index (κ1) is 14.1. The van der Waals surface area contributed by atoms with E-state index in [1.807, 2.05) is 37.3 Å². The van der Waals surface area contributed by atoms with Crippen molar-refractivity contribution >= 4 is 17.3 Å². The maximum atomic E-state index is 12.2. The van der Waals surface area contributed by atoms with Crippen LogP contribution in [0.4, 0.5) is 11.4 Å². The number of carbonyl (C=O) groups is 1. The van der Waals surface area contributed by atoms with Gasteiger partial charge in [-0.2, -0.15) is 0 Å². The highest BCUT2D eigenvalue weighted by molar-refractivity contribution is 6.05. The molecule has 0 unspecified atom stereocenters. The molecule has 0 fully saturated rings. The Hall–Kier alpha value is -2.29. The number of hydrogen-bond acceptors (Lipinski definition) is 2. The molecule has 0 heterocycles. The van der Waals surface area contributed by atoms with Gasteiger partial charge in [0.15, 0.2) is 0 Å². The Kier molecular flexibility index (Phi) is 4.08. The molecule has 0 spiro atoms. The summed E-state index contributed by atoms with van der Waals surface area (Å²) in [5.41, 5.74) is 9.89. The van der Waals surface area contributed by atoms with Crippen molar-refractivity contribution in [1.29, 1.82) is 0 Å². The maximum absolute atomic E-state index is 12.2. The van der Waals surface area contributed by atoms with Crippen molar-refractivity contribution in [2.24, 2.45) is 0 Å². The summed E-state index contributed by atoms with van der Waals surface area (Å²) in [5.74, 6) is 0.350. The SMILES string of the molecule is Cc1ccc(N)cc1C(=O)Nc1ccc(C(C)C)cc1. The van der Waals surface area contributed by atoms with E-state index < -0.39 is 0 Å². The van der Waals surface area contributed by atoms with Crippen LogP contribution in [0.15, 0.2) is 42.5 Å². The standard InChI is InChI=1S/C17H20N2O/c1-11(2)13-5-8-15(9-6-13)19-17(20)16-10-14(18)7-4-12(16)3/h4-11H,18H2,1-3H3,(H,19,20). The molecule has 0 aliphatic rings. The van der Waals surface area contributed by atoms with Crippen LogP contribution in [-0.2, 0) is 0 Å². The fraction of sp³-hybridized carbons (Fsp3) is 0.235. The molecule has 0 aliphatic carbocycles. The van der Waals surface area contributed by atoms with E-state index >= 15 is 0 Å². The molecule has 1 amide bonds. The minimum absolute atomic E-state index is 0.132. The summed E-state index contributed by atoms with van der Waals surface area (Å²) in [6.45, 7) is 6.18. The lowest BCUT2D eigenvalue weighted by Gasteiger charge is -2.10. The molecule has 3 N–H and O–H groups in total. The zero-order chi connectivity index (χ0) is 14.7. The molecule has 3 heteroatoms. The van der Waals surface area contributed by atoms with E-state index in [-0.39, 0.29) is 5.91 Å². The van der Waals surface area contributed by atoms with Crippen molar-refractivity contribution < 1.29 is 4.79 Å². The number of aryl methyl sites for hydroxylation is 1. The van der Waals surface area contributed by atoms with Crippen LogP contribution in [0.5, 0.6) is 0 Å². The van der Waals surface area contributed by atoms with Crippen molar-refractivity contribution in [1.82, 2.24) is 0 Å². The van der Waals surface area contributed by atoms with Crippen molar-refractivity contribution in [2.45, 2.75) is 26.7 Å². The van der Waals surface area contributed by atoms with Gasteiger partial charge in [-0.3, -0.25) is 4.79 Å². The molecule has 0 bridgehead atoms. The van der Waals surface area contributed by atoms with Gasteiger partial charge >= 0.3 is 0 Å². The Bertz CT molecular complexity index is 615. The molecular formula is C17H20N2O. The highest BCUT2D eigenvalue weighted by atomic mass is 16.1. The lowest BCUT2D eigenvalue weighted by molar-refractivity contribution is 0.102. The molecule has 2 rings (SSSR count). The lowest BCUT2D eigenvalue weighted by atomic mass is 10.0. The molecule has 0 saturated carbocycles. The first-order valence-corrected chi connectivity index (χ1v) is 6.75. The zero-order valence-electron chi connectivity index (χ0n) is 12.1. The number of carbonyl (C=O) groups excluding carboxylic acids is 1. The highest BCUT2D eigenvalue weighted by Gasteiger charge is 2.10. The molecule has 2 aromatic rings. The van der Waals surface area contributed by atoms with Crippen molar-refractivity contribution in [3.63, 3.8) is 0 Å². The number of rotatable bonds is 3. The van der Waals surface area contributed by atoms with Gasteiger partial charge in [-0.05, 0) is 48.2 Å². The van der Waals surface area contributed by atoms with Gasteiger partial charge in [0, 0.05) is 16.9 Å². The Morgan fingerprint density at radius 1 is 1.10 bits per heavy atom. The zero-order valence-corrected chi connectivity index (χ0v) is 12.1. The monoisotopic (exact) mass is 268 g/mol. The average Bonchev–Trinajstić information content (AvgIpc) is 2.42. The van der Waals surface area contributed by atoms with Crippen LogP contribution in [0, 0.1) is 6.92 Å². The fourth-order valence-corrected chi connectivity index (χ4v) is 2.03. The third-order valence-electron chi connectivity index (χ3n) is 3.34. The van der Waals surface area contributed by atoms with Crippen LogP contribution in [-0.4, -0.2) is 5.91 Å². The van der Waals surface area contributed by atoms with Crippen molar-refractivity contribution in [3.05, 3.63) is 59.2 Å². The maximum Gasteiger partial charge on any atom is 0.256 e. The largest absolute Gasteiger partial charge is 0.399 e. The third kappa shape index (κ3) is 3.18. The second kappa shape index (κ2) is 5.78. The predicted octanol–water partition coefficient (Wildman–Crippen LogP) is 3.95. The van der Waals surface area contributed by atoms with Crippen LogP contribution in [0.25, 0.3) is 0 Å². The van der Waals surface area contributed by atoms with E-state index in [4.69, 9.17) is 5.73 Å². The normalized spacial score (nSPS) is 10.6. The Morgan fingerprint density at radius 3 is 2.35 bits per heavy atom. The van der Waals surface area contributed by atoms with Gasteiger partial charge < -0.3 is 11.1 Å². The minimum atomic E-state index is -0.132. The Balaban J connectivity index is 2.17. The van der Waals surface area contributed by atoms with Gasteiger partial charge in [0.2, 0.25) is 0 Å². The number of amides is 1. The van der Waals surface area contributed by atoms with Gasteiger partial charge in [0.25, 0.3) is 5.91 Å². The van der Waals surface area contributed by atoms with Crippen LogP contribution < -0.4 is 11.1 Å². The van der Waals surface area contributed by atoms with E-state index in [0.29, 0.717) is 17.2 Å². The van der Waals surface area contributed by atoms with E-state index in [0.717, 1.165) is 11.3 Å². The minimum Gasteiger partial charge on any atom is -0.399 e. The summed E-state index contributed by atoms with van der Waals surface area (Å²) in [5, 5.41) is 2.90. The van der Waals surface area contributed by atoms with E-state index in [9.17, 15) is 4.79 Å². The summed E-state index contributed by atoms with van der Waals surface area (Å²) in [7, 11) is 0. The summed E-state index contributed by atoms with van der Waals surface area (Å²) in [6.07, 6.45) is 0. The van der Waals surface area contributed by atoms with Gasteiger partial charge in [-0.15, -0.1) is 0 Å². The molecule has 104 valence electrons. The second-order valence-corrected chi connectivity index (χ2v) is 5.31. The topological polar surface area (TPSA) is 55.1 Å². The van der Waals surface area contributed by atoms with Crippen molar-refractivity contribution in [3.8, 4) is 0 Å². The Labute approximate surface area is 119 Å². The number of anilines is 2. The van der Waals surface area contributed by atoms with Crippen LogP contribution in [0.2, 0.25) is 0 Å². The van der Waals surface area contributed by atoms with Crippen LogP contribution >= 0.6 is 0 Å². The summed E-state index contributed by atoms with van der Waals surface area (Å²) in [6, 6.07) is 13.3. The molecule has 0 saturated heterocycles. The van der Waals surface area contributed by atoms with E-state index in [1.54, 1.807) is 12.1 Å². The molecule has 3 nitrogen and oxygen atoms in total. The summed E-state index contributed by atoms with van der Waals surface area (Å²) >= 11 is 0. The van der Waals surface area contributed by atoms with E-state index in [1.165, 1.54) is 5.56 Å². The number of nitrogens with one attached hydrogen (secondary N) is 1. The quantitative estimate of drug-likeness (QED) is 0.828. The lowest BCUT2D eigenvalue weighted by Crippen LogP contribution is -2.13. The van der Waals surface area contributed by atoms with Crippen LogP contribution in [0.1, 0.15) is 41.3 Å². The molecule has 2 aromatic carbocycles. The van der Waals surface area contributed by atoms with E-state index in [2.05, 4.69) is 19.2 Å². The summed E-state index contributed by atoms with van der Waals surface area (Å²) in [4.78, 5) is 12.2. The van der Waals surface area contributed by atoms with Gasteiger partial charge in [0.05, 0.1) is 0 Å². The first-order chi connectivity index (χ1) is 9.47. The third-order valence-corrected chi connectivity index (χ3v) is 3.34. The molecular weight excluding hydrogens is 248 g/mol. The predicted molar refractivity (Wildman–Crippen MR) is 84.1 cm³/mol. The number of nitrogen functional groups attached to an aromatic ring is 1.